The van der Waals surface area contributed by atoms with Crippen molar-refractivity contribution in [3.8, 4) is 0 Å². The summed E-state index contributed by atoms with van der Waals surface area (Å²) in [6.45, 7) is 6.82. The molecule has 1 aromatic rings. The molecule has 0 saturated carbocycles. The Morgan fingerprint density at radius 1 is 0.931 bits per heavy atom. The summed E-state index contributed by atoms with van der Waals surface area (Å²) in [5.74, 6) is 1.73. The lowest BCUT2D eigenvalue weighted by Gasteiger charge is -2.49. The molecule has 2 bridgehead atoms. The van der Waals surface area contributed by atoms with Gasteiger partial charge in [0.25, 0.3) is 5.91 Å². The molecule has 6 nitrogen and oxygen atoms in total. The Bertz CT molecular complexity index is 729. The minimum absolute atomic E-state index is 0.0899. The van der Waals surface area contributed by atoms with Crippen molar-refractivity contribution in [2.75, 3.05) is 45.8 Å². The number of furan rings is 1. The summed E-state index contributed by atoms with van der Waals surface area (Å²) >= 11 is 0. The Morgan fingerprint density at radius 2 is 1.62 bits per heavy atom. The predicted octanol–water partition coefficient (Wildman–Crippen LogP) is 2.86. The molecule has 1 aromatic heterocycles. The first kappa shape index (κ1) is 19.2. The number of hydrogen-bond donors (Lipinski definition) is 0. The van der Waals surface area contributed by atoms with E-state index in [1.165, 1.54) is 32.2 Å². The number of carbonyl (C=O) groups is 2. The summed E-state index contributed by atoms with van der Waals surface area (Å²) in [6, 6.07) is 1.75. The minimum Gasteiger partial charge on any atom is -0.472 e. The Balaban J connectivity index is 1.15. The molecule has 158 valence electrons. The Kier molecular flexibility index (Phi) is 5.14. The molecule has 0 aliphatic carbocycles. The average molecular weight is 400 g/mol. The number of amides is 2. The van der Waals surface area contributed by atoms with E-state index in [0.29, 0.717) is 23.3 Å². The van der Waals surface area contributed by atoms with E-state index in [1.54, 1.807) is 12.3 Å². The smallest absolute Gasteiger partial charge is 0.257 e. The fourth-order valence-electron chi connectivity index (χ4n) is 6.38. The van der Waals surface area contributed by atoms with Crippen molar-refractivity contribution in [3.05, 3.63) is 24.2 Å². The third-order valence-electron chi connectivity index (χ3n) is 8.01. The van der Waals surface area contributed by atoms with Crippen LogP contribution >= 0.6 is 0 Å². The van der Waals surface area contributed by atoms with Crippen molar-refractivity contribution in [1.29, 1.82) is 0 Å². The number of fused-ring (bicyclic) bond motifs is 2. The third-order valence-corrected chi connectivity index (χ3v) is 8.01. The Hall–Kier alpha value is -1.82. The van der Waals surface area contributed by atoms with E-state index in [1.807, 2.05) is 4.90 Å². The van der Waals surface area contributed by atoms with Crippen molar-refractivity contribution in [3.63, 3.8) is 0 Å². The Morgan fingerprint density at radius 3 is 2.31 bits per heavy atom. The van der Waals surface area contributed by atoms with Crippen LogP contribution in [0.3, 0.4) is 0 Å². The standard InChI is InChI=1S/C23H33N3O3/c27-21(20-6-14-29-16-20)26-13-5-19(15-26)18-3-11-25(12-4-18)22(28)23-7-1-9-24(17-23)10-2-8-23/h6,14,16,18-19H,1-5,7-13,15,17H2. The highest BCUT2D eigenvalue weighted by Crippen LogP contribution is 2.41. The zero-order chi connectivity index (χ0) is 19.8. The minimum atomic E-state index is -0.0928. The van der Waals surface area contributed by atoms with Crippen molar-refractivity contribution >= 4 is 11.8 Å². The van der Waals surface area contributed by atoms with Gasteiger partial charge in [0.15, 0.2) is 0 Å². The van der Waals surface area contributed by atoms with Crippen molar-refractivity contribution in [2.45, 2.75) is 44.9 Å². The summed E-state index contributed by atoms with van der Waals surface area (Å²) in [5.41, 5.74) is 0.559. The van der Waals surface area contributed by atoms with Gasteiger partial charge < -0.3 is 19.1 Å². The highest BCUT2D eigenvalue weighted by molar-refractivity contribution is 5.94. The lowest BCUT2D eigenvalue weighted by Crippen LogP contribution is -2.57. The topological polar surface area (TPSA) is 57.0 Å². The number of carbonyl (C=O) groups excluding carboxylic acids is 2. The highest BCUT2D eigenvalue weighted by Gasteiger charge is 2.47. The molecule has 0 spiro atoms. The lowest BCUT2D eigenvalue weighted by molar-refractivity contribution is -0.150. The van der Waals surface area contributed by atoms with Gasteiger partial charge in [-0.3, -0.25) is 9.59 Å². The third kappa shape index (κ3) is 3.60. The fourth-order valence-corrected chi connectivity index (χ4v) is 6.38. The number of nitrogens with zero attached hydrogens (tertiary/aromatic N) is 3. The van der Waals surface area contributed by atoms with Gasteiger partial charge in [-0.05, 0) is 75.9 Å². The molecule has 1 atom stereocenters. The van der Waals surface area contributed by atoms with Crippen LogP contribution in [0, 0.1) is 17.3 Å². The van der Waals surface area contributed by atoms with Crippen LogP contribution in [0.25, 0.3) is 0 Å². The molecule has 4 aliphatic rings. The normalized spacial score (nSPS) is 33.1. The zero-order valence-electron chi connectivity index (χ0n) is 17.4. The van der Waals surface area contributed by atoms with Crippen molar-refractivity contribution < 1.29 is 14.0 Å². The SMILES string of the molecule is O=C(c1ccoc1)N1CCC(C2CCN(C(=O)C34CCCN(CCC3)C4)CC2)C1. The molecule has 4 saturated heterocycles. The molecule has 4 fully saturated rings. The maximum Gasteiger partial charge on any atom is 0.257 e. The van der Waals surface area contributed by atoms with E-state index < -0.39 is 0 Å². The van der Waals surface area contributed by atoms with Gasteiger partial charge in [-0.2, -0.15) is 0 Å². The van der Waals surface area contributed by atoms with Crippen LogP contribution in [0.1, 0.15) is 55.3 Å². The number of hydrogen-bond acceptors (Lipinski definition) is 4. The second kappa shape index (κ2) is 7.78. The highest BCUT2D eigenvalue weighted by atomic mass is 16.3. The Labute approximate surface area is 173 Å². The van der Waals surface area contributed by atoms with Gasteiger partial charge in [-0.25, -0.2) is 0 Å². The molecule has 2 amide bonds. The van der Waals surface area contributed by atoms with Crippen LogP contribution in [-0.2, 0) is 4.79 Å². The van der Waals surface area contributed by atoms with Gasteiger partial charge >= 0.3 is 0 Å². The first-order chi connectivity index (χ1) is 14.1. The summed E-state index contributed by atoms with van der Waals surface area (Å²) in [4.78, 5) is 32.6. The van der Waals surface area contributed by atoms with Crippen molar-refractivity contribution in [2.24, 2.45) is 17.3 Å². The first-order valence-corrected chi connectivity index (χ1v) is 11.5. The lowest BCUT2D eigenvalue weighted by atomic mass is 9.72. The average Bonchev–Trinajstić information content (AvgIpc) is 3.45. The van der Waals surface area contributed by atoms with Crippen LogP contribution in [0.4, 0.5) is 0 Å². The maximum atomic E-state index is 13.4. The first-order valence-electron chi connectivity index (χ1n) is 11.5. The van der Waals surface area contributed by atoms with Crippen LogP contribution in [0.15, 0.2) is 23.0 Å². The van der Waals surface area contributed by atoms with Gasteiger partial charge in [0.05, 0.1) is 17.2 Å². The molecule has 0 aromatic carbocycles. The number of rotatable bonds is 3. The van der Waals surface area contributed by atoms with Crippen LogP contribution in [-0.4, -0.2) is 72.3 Å². The fraction of sp³-hybridized carbons (Fsp3) is 0.739. The van der Waals surface area contributed by atoms with E-state index >= 15 is 0 Å². The van der Waals surface area contributed by atoms with Gasteiger partial charge in [0.2, 0.25) is 5.91 Å². The van der Waals surface area contributed by atoms with E-state index in [0.717, 1.165) is 64.8 Å². The van der Waals surface area contributed by atoms with Crippen LogP contribution in [0.2, 0.25) is 0 Å². The summed E-state index contributed by atoms with van der Waals surface area (Å²) in [7, 11) is 0. The van der Waals surface area contributed by atoms with E-state index in [2.05, 4.69) is 9.80 Å². The van der Waals surface area contributed by atoms with Crippen LogP contribution in [0.5, 0.6) is 0 Å². The summed E-state index contributed by atoms with van der Waals surface area (Å²) in [6.07, 6.45) is 10.9. The molecular weight excluding hydrogens is 366 g/mol. The molecular formula is C23H33N3O3. The molecule has 0 N–H and O–H groups in total. The quantitative estimate of drug-likeness (QED) is 0.784. The van der Waals surface area contributed by atoms with E-state index in [4.69, 9.17) is 4.42 Å². The molecule has 5 rings (SSSR count). The maximum absolute atomic E-state index is 13.4. The van der Waals surface area contributed by atoms with Crippen LogP contribution < -0.4 is 0 Å². The summed E-state index contributed by atoms with van der Waals surface area (Å²) < 4.78 is 5.06. The monoisotopic (exact) mass is 399 g/mol. The largest absolute Gasteiger partial charge is 0.472 e. The van der Waals surface area contributed by atoms with Crippen molar-refractivity contribution in [1.82, 2.24) is 14.7 Å². The number of likely N-dealkylation sites (tertiary alicyclic amines) is 2. The molecule has 0 radical (unpaired) electrons. The second-order valence-electron chi connectivity index (χ2n) is 9.71. The van der Waals surface area contributed by atoms with Gasteiger partial charge in [0.1, 0.15) is 6.26 Å². The summed E-state index contributed by atoms with van der Waals surface area (Å²) in [5, 5.41) is 0. The molecule has 4 aliphatic heterocycles. The van der Waals surface area contributed by atoms with Gasteiger partial charge in [-0.1, -0.05) is 0 Å². The van der Waals surface area contributed by atoms with Gasteiger partial charge in [0, 0.05) is 32.7 Å². The van der Waals surface area contributed by atoms with E-state index in [9.17, 15) is 9.59 Å². The van der Waals surface area contributed by atoms with E-state index in [-0.39, 0.29) is 11.3 Å². The molecule has 5 heterocycles. The molecule has 29 heavy (non-hydrogen) atoms. The molecule has 1 unspecified atom stereocenters. The second-order valence-corrected chi connectivity index (χ2v) is 9.71. The number of piperidine rings is 3. The van der Waals surface area contributed by atoms with Gasteiger partial charge in [-0.15, -0.1) is 0 Å². The predicted molar refractivity (Wildman–Crippen MR) is 109 cm³/mol. The molecule has 6 heteroatoms. The zero-order valence-corrected chi connectivity index (χ0v) is 17.4.